The zero-order valence-electron chi connectivity index (χ0n) is 9.11. The first-order valence-corrected chi connectivity index (χ1v) is 5.62. The molecule has 0 atom stereocenters. The number of carbonyl (C=O) groups is 1. The molecule has 0 aromatic carbocycles. The van der Waals surface area contributed by atoms with Crippen molar-refractivity contribution in [2.24, 2.45) is 0 Å². The first-order valence-electron chi connectivity index (χ1n) is 5.62. The van der Waals surface area contributed by atoms with Gasteiger partial charge in [0.15, 0.2) is 5.89 Å². The Morgan fingerprint density at radius 3 is 3.00 bits per heavy atom. The maximum atomic E-state index is 10.4. The van der Waals surface area contributed by atoms with Crippen molar-refractivity contribution in [3.8, 4) is 0 Å². The minimum atomic E-state index is -0.818. The van der Waals surface area contributed by atoms with Gasteiger partial charge < -0.3 is 14.8 Å². The lowest BCUT2D eigenvalue weighted by molar-refractivity contribution is -0.137. The van der Waals surface area contributed by atoms with Crippen molar-refractivity contribution < 1.29 is 14.3 Å². The molecule has 1 fully saturated rings. The first kappa shape index (κ1) is 11.1. The second-order valence-electron chi connectivity index (χ2n) is 4.08. The Bertz CT molecular complexity index is 356. The highest BCUT2D eigenvalue weighted by Gasteiger charge is 2.18. The Morgan fingerprint density at radius 1 is 1.56 bits per heavy atom. The topological polar surface area (TPSA) is 75.4 Å². The molecule has 1 aromatic rings. The average molecular weight is 224 g/mol. The number of nitrogens with zero attached hydrogens (tertiary/aromatic N) is 1. The smallest absolute Gasteiger partial charge is 0.303 e. The van der Waals surface area contributed by atoms with Gasteiger partial charge in [0.2, 0.25) is 0 Å². The highest BCUT2D eigenvalue weighted by atomic mass is 16.4. The fourth-order valence-corrected chi connectivity index (χ4v) is 1.96. The van der Waals surface area contributed by atoms with Crippen molar-refractivity contribution >= 4 is 5.97 Å². The van der Waals surface area contributed by atoms with Crippen molar-refractivity contribution in [1.82, 2.24) is 10.3 Å². The van der Waals surface area contributed by atoms with E-state index >= 15 is 0 Å². The molecule has 1 aliphatic heterocycles. The number of carboxylic acids is 1. The Kier molecular flexibility index (Phi) is 3.56. The van der Waals surface area contributed by atoms with E-state index in [1.165, 1.54) is 0 Å². The number of aromatic nitrogens is 1. The summed E-state index contributed by atoms with van der Waals surface area (Å²) < 4.78 is 5.27. The molecular formula is C11H16N2O3. The summed E-state index contributed by atoms with van der Waals surface area (Å²) in [5.74, 6) is 0.182. The molecule has 0 spiro atoms. The standard InChI is InChI=1S/C11H16N2O3/c14-11(15)2-1-10-13-9(7-16-10)8-3-5-12-6-4-8/h7-8,12H,1-6H2,(H,14,15). The van der Waals surface area contributed by atoms with E-state index in [2.05, 4.69) is 10.3 Å². The van der Waals surface area contributed by atoms with Gasteiger partial charge in [-0.15, -0.1) is 0 Å². The largest absolute Gasteiger partial charge is 0.481 e. The molecule has 0 saturated carbocycles. The highest BCUT2D eigenvalue weighted by Crippen LogP contribution is 2.24. The van der Waals surface area contributed by atoms with Crippen LogP contribution in [0.1, 0.15) is 36.8 Å². The second-order valence-corrected chi connectivity index (χ2v) is 4.08. The highest BCUT2D eigenvalue weighted by molar-refractivity contribution is 5.66. The van der Waals surface area contributed by atoms with E-state index in [1.54, 1.807) is 6.26 Å². The summed E-state index contributed by atoms with van der Waals surface area (Å²) >= 11 is 0. The zero-order chi connectivity index (χ0) is 11.4. The fourth-order valence-electron chi connectivity index (χ4n) is 1.96. The van der Waals surface area contributed by atoms with Crippen LogP contribution in [0.4, 0.5) is 0 Å². The van der Waals surface area contributed by atoms with Crippen LogP contribution in [-0.2, 0) is 11.2 Å². The lowest BCUT2D eigenvalue weighted by Gasteiger charge is -2.20. The third kappa shape index (κ3) is 2.82. The van der Waals surface area contributed by atoms with E-state index in [-0.39, 0.29) is 6.42 Å². The summed E-state index contributed by atoms with van der Waals surface area (Å²) in [6, 6.07) is 0. The number of hydrogen-bond donors (Lipinski definition) is 2. The van der Waals surface area contributed by atoms with Gasteiger partial charge in [-0.25, -0.2) is 4.98 Å². The molecule has 0 amide bonds. The Balaban J connectivity index is 1.93. The molecule has 5 heteroatoms. The second kappa shape index (κ2) is 5.12. The summed E-state index contributed by atoms with van der Waals surface area (Å²) in [6.45, 7) is 2.03. The molecule has 0 radical (unpaired) electrons. The van der Waals surface area contributed by atoms with Crippen LogP contribution in [0.2, 0.25) is 0 Å². The van der Waals surface area contributed by atoms with Gasteiger partial charge in [0.1, 0.15) is 6.26 Å². The van der Waals surface area contributed by atoms with Crippen molar-refractivity contribution in [3.63, 3.8) is 0 Å². The van der Waals surface area contributed by atoms with Crippen LogP contribution in [0.25, 0.3) is 0 Å². The van der Waals surface area contributed by atoms with E-state index in [9.17, 15) is 4.79 Å². The Hall–Kier alpha value is -1.36. The monoisotopic (exact) mass is 224 g/mol. The molecule has 1 aromatic heterocycles. The molecule has 0 aliphatic carbocycles. The third-order valence-corrected chi connectivity index (χ3v) is 2.88. The van der Waals surface area contributed by atoms with E-state index in [4.69, 9.17) is 9.52 Å². The lowest BCUT2D eigenvalue weighted by Crippen LogP contribution is -2.26. The van der Waals surface area contributed by atoms with Crippen LogP contribution in [0.3, 0.4) is 0 Å². The Labute approximate surface area is 93.9 Å². The number of carboxylic acid groups (broad SMARTS) is 1. The molecule has 0 bridgehead atoms. The van der Waals surface area contributed by atoms with Crippen LogP contribution in [0, 0.1) is 0 Å². The summed E-state index contributed by atoms with van der Waals surface area (Å²) in [5.41, 5.74) is 0.974. The fraction of sp³-hybridized carbons (Fsp3) is 0.636. The van der Waals surface area contributed by atoms with Crippen LogP contribution in [0.5, 0.6) is 0 Å². The van der Waals surface area contributed by atoms with Gasteiger partial charge in [0.05, 0.1) is 12.1 Å². The van der Waals surface area contributed by atoms with Gasteiger partial charge in [-0.05, 0) is 25.9 Å². The van der Waals surface area contributed by atoms with Gasteiger partial charge >= 0.3 is 5.97 Å². The van der Waals surface area contributed by atoms with Gasteiger partial charge in [-0.2, -0.15) is 0 Å². The molecule has 5 nitrogen and oxygen atoms in total. The number of piperidine rings is 1. The minimum absolute atomic E-state index is 0.0756. The summed E-state index contributed by atoms with van der Waals surface area (Å²) in [7, 11) is 0. The maximum Gasteiger partial charge on any atom is 0.303 e. The molecule has 2 N–H and O–H groups in total. The molecule has 1 saturated heterocycles. The first-order chi connectivity index (χ1) is 7.75. The summed E-state index contributed by atoms with van der Waals surface area (Å²) in [6.07, 6.45) is 4.27. The van der Waals surface area contributed by atoms with E-state index in [0.717, 1.165) is 31.6 Å². The van der Waals surface area contributed by atoms with Gasteiger partial charge in [0.25, 0.3) is 0 Å². The molecule has 2 rings (SSSR count). The average Bonchev–Trinajstić information content (AvgIpc) is 2.76. The minimum Gasteiger partial charge on any atom is -0.481 e. The van der Waals surface area contributed by atoms with Gasteiger partial charge in [0, 0.05) is 12.3 Å². The van der Waals surface area contributed by atoms with Crippen LogP contribution in [-0.4, -0.2) is 29.1 Å². The summed E-state index contributed by atoms with van der Waals surface area (Å²) in [4.78, 5) is 14.8. The van der Waals surface area contributed by atoms with Crippen molar-refractivity contribution in [1.29, 1.82) is 0 Å². The summed E-state index contributed by atoms with van der Waals surface area (Å²) in [5, 5.41) is 11.8. The number of aryl methyl sites for hydroxylation is 1. The van der Waals surface area contributed by atoms with Crippen molar-refractivity contribution in [2.75, 3.05) is 13.1 Å². The lowest BCUT2D eigenvalue weighted by atomic mass is 9.95. The van der Waals surface area contributed by atoms with Gasteiger partial charge in [-0.1, -0.05) is 0 Å². The SMILES string of the molecule is O=C(O)CCc1nc(C2CCNCC2)co1. The maximum absolute atomic E-state index is 10.4. The normalized spacial score (nSPS) is 17.5. The molecule has 16 heavy (non-hydrogen) atoms. The number of oxazole rings is 1. The molecule has 1 aliphatic rings. The number of rotatable bonds is 4. The number of nitrogens with one attached hydrogen (secondary N) is 1. The predicted molar refractivity (Wildman–Crippen MR) is 57.3 cm³/mol. The molecule has 88 valence electrons. The number of aliphatic carboxylic acids is 1. The van der Waals surface area contributed by atoms with Crippen LogP contribution >= 0.6 is 0 Å². The quantitative estimate of drug-likeness (QED) is 0.802. The number of hydrogen-bond acceptors (Lipinski definition) is 4. The zero-order valence-corrected chi connectivity index (χ0v) is 9.11. The third-order valence-electron chi connectivity index (χ3n) is 2.88. The van der Waals surface area contributed by atoms with E-state index in [1.807, 2.05) is 0 Å². The predicted octanol–water partition coefficient (Wildman–Crippen LogP) is 1.16. The van der Waals surface area contributed by atoms with Crippen molar-refractivity contribution in [2.45, 2.75) is 31.6 Å². The van der Waals surface area contributed by atoms with E-state index < -0.39 is 5.97 Å². The van der Waals surface area contributed by atoms with Gasteiger partial charge in [-0.3, -0.25) is 4.79 Å². The molecule has 0 unspecified atom stereocenters. The van der Waals surface area contributed by atoms with Crippen LogP contribution in [0.15, 0.2) is 10.7 Å². The Morgan fingerprint density at radius 2 is 2.31 bits per heavy atom. The molecule has 2 heterocycles. The van der Waals surface area contributed by atoms with Crippen LogP contribution < -0.4 is 5.32 Å². The van der Waals surface area contributed by atoms with E-state index in [0.29, 0.717) is 18.2 Å². The molecular weight excluding hydrogens is 208 g/mol. The van der Waals surface area contributed by atoms with Crippen molar-refractivity contribution in [3.05, 3.63) is 17.8 Å².